The van der Waals surface area contributed by atoms with Crippen molar-refractivity contribution < 1.29 is 4.79 Å². The fourth-order valence-corrected chi connectivity index (χ4v) is 3.45. The number of aromatic nitrogens is 3. The Kier molecular flexibility index (Phi) is 4.17. The molecule has 0 bridgehead atoms. The van der Waals surface area contributed by atoms with E-state index in [1.165, 1.54) is 0 Å². The Labute approximate surface area is 139 Å². The third kappa shape index (κ3) is 2.99. The molecule has 0 aromatic carbocycles. The summed E-state index contributed by atoms with van der Waals surface area (Å²) in [5, 5.41) is 2.98. The predicted molar refractivity (Wildman–Crippen MR) is 91.7 cm³/mol. The number of aryl methyl sites for hydroxylation is 2. The second kappa shape index (κ2) is 6.12. The van der Waals surface area contributed by atoms with Gasteiger partial charge < -0.3 is 9.30 Å². The van der Waals surface area contributed by atoms with Crippen LogP contribution in [0.15, 0.2) is 29.9 Å². The van der Waals surface area contributed by atoms with Gasteiger partial charge in [0.25, 0.3) is 0 Å². The fourth-order valence-electron chi connectivity index (χ4n) is 2.56. The molecular weight excluding hydrogens is 308 g/mol. The number of carbonyl (C=O) groups excluding carboxylic acids is 1. The van der Waals surface area contributed by atoms with E-state index in [2.05, 4.69) is 9.97 Å². The SMILES string of the molecule is Cc1csc([C@H](C)N(C)C(=O)Cc2cnc3c(C)cccn23)n1. The highest BCUT2D eigenvalue weighted by molar-refractivity contribution is 7.09. The lowest BCUT2D eigenvalue weighted by molar-refractivity contribution is -0.131. The van der Waals surface area contributed by atoms with Gasteiger partial charge in [-0.25, -0.2) is 9.97 Å². The van der Waals surface area contributed by atoms with Crippen LogP contribution in [0.5, 0.6) is 0 Å². The number of amides is 1. The van der Waals surface area contributed by atoms with Gasteiger partial charge in [0, 0.05) is 30.5 Å². The molecule has 0 aliphatic carbocycles. The topological polar surface area (TPSA) is 50.5 Å². The highest BCUT2D eigenvalue weighted by Gasteiger charge is 2.21. The highest BCUT2D eigenvalue weighted by Crippen LogP contribution is 2.23. The maximum Gasteiger partial charge on any atom is 0.228 e. The third-order valence-corrected chi connectivity index (χ3v) is 5.24. The molecule has 0 spiro atoms. The molecule has 3 aromatic heterocycles. The van der Waals surface area contributed by atoms with E-state index in [9.17, 15) is 4.79 Å². The number of nitrogens with zero attached hydrogens (tertiary/aromatic N) is 4. The molecule has 3 rings (SSSR count). The van der Waals surface area contributed by atoms with Crippen LogP contribution in [0.2, 0.25) is 0 Å². The van der Waals surface area contributed by atoms with E-state index in [0.29, 0.717) is 6.42 Å². The summed E-state index contributed by atoms with van der Waals surface area (Å²) >= 11 is 1.59. The lowest BCUT2D eigenvalue weighted by Gasteiger charge is -2.23. The number of hydrogen-bond acceptors (Lipinski definition) is 4. The lowest BCUT2D eigenvalue weighted by Crippen LogP contribution is -2.31. The van der Waals surface area contributed by atoms with Gasteiger partial charge in [0.05, 0.1) is 18.2 Å². The molecule has 120 valence electrons. The Balaban J connectivity index is 1.79. The highest BCUT2D eigenvalue weighted by atomic mass is 32.1. The Morgan fingerprint density at radius 3 is 2.91 bits per heavy atom. The van der Waals surface area contributed by atoms with Crippen LogP contribution in [0.3, 0.4) is 0 Å². The van der Waals surface area contributed by atoms with Gasteiger partial charge in [0.1, 0.15) is 10.7 Å². The van der Waals surface area contributed by atoms with Crippen molar-refractivity contribution in [1.29, 1.82) is 0 Å². The summed E-state index contributed by atoms with van der Waals surface area (Å²) in [6.45, 7) is 6.00. The Morgan fingerprint density at radius 2 is 2.22 bits per heavy atom. The van der Waals surface area contributed by atoms with E-state index in [1.54, 1.807) is 22.4 Å². The second-order valence-corrected chi connectivity index (χ2v) is 6.71. The Hall–Kier alpha value is -2.21. The van der Waals surface area contributed by atoms with Crippen molar-refractivity contribution in [2.24, 2.45) is 0 Å². The number of fused-ring (bicyclic) bond motifs is 1. The number of carbonyl (C=O) groups is 1. The summed E-state index contributed by atoms with van der Waals surface area (Å²) < 4.78 is 1.99. The van der Waals surface area contributed by atoms with Gasteiger partial charge in [0.2, 0.25) is 5.91 Å². The van der Waals surface area contributed by atoms with Gasteiger partial charge in [0.15, 0.2) is 0 Å². The molecule has 0 fully saturated rings. The molecule has 0 unspecified atom stereocenters. The molecule has 0 saturated heterocycles. The van der Waals surface area contributed by atoms with E-state index < -0.39 is 0 Å². The average molecular weight is 328 g/mol. The number of pyridine rings is 1. The molecule has 0 N–H and O–H groups in total. The van der Waals surface area contributed by atoms with Crippen LogP contribution >= 0.6 is 11.3 Å². The minimum absolute atomic E-state index is 0.0258. The van der Waals surface area contributed by atoms with Crippen molar-refractivity contribution >= 4 is 22.9 Å². The number of likely N-dealkylation sites (N-methyl/N-ethyl adjacent to an activating group) is 1. The van der Waals surface area contributed by atoms with Crippen molar-refractivity contribution in [2.75, 3.05) is 7.05 Å². The monoisotopic (exact) mass is 328 g/mol. The summed E-state index contributed by atoms with van der Waals surface area (Å²) in [6.07, 6.45) is 4.06. The normalized spacial score (nSPS) is 12.5. The van der Waals surface area contributed by atoms with E-state index in [0.717, 1.165) is 27.6 Å². The number of rotatable bonds is 4. The first-order valence-electron chi connectivity index (χ1n) is 7.56. The quantitative estimate of drug-likeness (QED) is 0.739. The van der Waals surface area contributed by atoms with Crippen molar-refractivity contribution in [2.45, 2.75) is 33.2 Å². The minimum Gasteiger partial charge on any atom is -0.336 e. The molecule has 0 radical (unpaired) electrons. The Bertz CT molecular complexity index is 851. The largest absolute Gasteiger partial charge is 0.336 e. The molecule has 0 aliphatic rings. The van der Waals surface area contributed by atoms with Gasteiger partial charge in [-0.1, -0.05) is 6.07 Å². The van der Waals surface area contributed by atoms with Gasteiger partial charge in [-0.05, 0) is 32.4 Å². The van der Waals surface area contributed by atoms with Gasteiger partial charge >= 0.3 is 0 Å². The van der Waals surface area contributed by atoms with Crippen LogP contribution in [0.4, 0.5) is 0 Å². The molecule has 23 heavy (non-hydrogen) atoms. The maximum atomic E-state index is 12.6. The predicted octanol–water partition coefficient (Wildman–Crippen LogP) is 3.17. The minimum atomic E-state index is -0.0258. The van der Waals surface area contributed by atoms with Crippen LogP contribution in [-0.2, 0) is 11.2 Å². The van der Waals surface area contributed by atoms with E-state index in [4.69, 9.17) is 0 Å². The van der Waals surface area contributed by atoms with Crippen LogP contribution in [0.1, 0.15) is 34.9 Å². The van der Waals surface area contributed by atoms with Crippen LogP contribution in [0.25, 0.3) is 5.65 Å². The second-order valence-electron chi connectivity index (χ2n) is 5.82. The van der Waals surface area contributed by atoms with E-state index >= 15 is 0 Å². The van der Waals surface area contributed by atoms with Crippen LogP contribution in [0, 0.1) is 13.8 Å². The summed E-state index contributed by atoms with van der Waals surface area (Å²) in [4.78, 5) is 23.3. The van der Waals surface area contributed by atoms with Crippen LogP contribution in [-0.4, -0.2) is 32.2 Å². The zero-order valence-corrected chi connectivity index (χ0v) is 14.6. The smallest absolute Gasteiger partial charge is 0.228 e. The van der Waals surface area contributed by atoms with Crippen molar-refractivity contribution in [3.8, 4) is 0 Å². The Morgan fingerprint density at radius 1 is 1.43 bits per heavy atom. The molecule has 5 nitrogen and oxygen atoms in total. The summed E-state index contributed by atoms with van der Waals surface area (Å²) in [6, 6.07) is 3.97. The van der Waals surface area contributed by atoms with Gasteiger partial charge in [-0.2, -0.15) is 0 Å². The summed E-state index contributed by atoms with van der Waals surface area (Å²) in [5.41, 5.74) is 3.91. The summed E-state index contributed by atoms with van der Waals surface area (Å²) in [7, 11) is 1.83. The fraction of sp³-hybridized carbons (Fsp3) is 0.353. The number of hydrogen-bond donors (Lipinski definition) is 0. The van der Waals surface area contributed by atoms with Crippen molar-refractivity contribution in [1.82, 2.24) is 19.3 Å². The number of imidazole rings is 1. The number of thiazole rings is 1. The molecule has 1 atom stereocenters. The molecule has 1 amide bonds. The molecule has 0 saturated carbocycles. The first-order valence-corrected chi connectivity index (χ1v) is 8.44. The summed E-state index contributed by atoms with van der Waals surface area (Å²) in [5.74, 6) is 0.0636. The maximum absolute atomic E-state index is 12.6. The molecular formula is C17H20N4OS. The molecule has 6 heteroatoms. The first kappa shape index (κ1) is 15.7. The van der Waals surface area contributed by atoms with E-state index in [1.807, 2.05) is 55.9 Å². The third-order valence-electron chi connectivity index (χ3n) is 4.11. The zero-order chi connectivity index (χ0) is 16.6. The average Bonchev–Trinajstić information content (AvgIpc) is 3.13. The molecule has 3 aromatic rings. The molecule has 0 aliphatic heterocycles. The zero-order valence-electron chi connectivity index (χ0n) is 13.8. The van der Waals surface area contributed by atoms with Crippen molar-refractivity contribution in [3.05, 3.63) is 51.9 Å². The van der Waals surface area contributed by atoms with Gasteiger partial charge in [-0.3, -0.25) is 4.79 Å². The lowest BCUT2D eigenvalue weighted by atomic mass is 10.2. The van der Waals surface area contributed by atoms with E-state index in [-0.39, 0.29) is 11.9 Å². The van der Waals surface area contributed by atoms with Gasteiger partial charge in [-0.15, -0.1) is 11.3 Å². The van der Waals surface area contributed by atoms with Crippen LogP contribution < -0.4 is 0 Å². The van der Waals surface area contributed by atoms with Crippen molar-refractivity contribution in [3.63, 3.8) is 0 Å². The molecule has 3 heterocycles. The standard InChI is InChI=1S/C17H20N4OS/c1-11-6-5-7-21-14(9-18-16(11)21)8-15(22)20(4)13(3)17-19-12(2)10-23-17/h5-7,9-10,13H,8H2,1-4H3/t13-/m0/s1. The first-order chi connectivity index (χ1) is 11.0.